The first kappa shape index (κ1) is 22.7. The number of pyridine rings is 1. The zero-order valence-electron chi connectivity index (χ0n) is 19.5. The Morgan fingerprint density at radius 1 is 1.16 bits per heavy atom. The van der Waals surface area contributed by atoms with E-state index in [2.05, 4.69) is 37.1 Å². The lowest BCUT2D eigenvalue weighted by atomic mass is 9.86. The van der Waals surface area contributed by atoms with Gasteiger partial charge in [0.25, 0.3) is 0 Å². The number of benzene rings is 1. The number of rotatable bonds is 8. The number of aromatic nitrogens is 1. The Morgan fingerprint density at radius 3 is 2.75 bits per heavy atom. The molecular formula is C26H37N5O. The van der Waals surface area contributed by atoms with Crippen LogP contribution in [-0.4, -0.2) is 67.0 Å². The van der Waals surface area contributed by atoms with Crippen molar-refractivity contribution in [2.24, 2.45) is 5.92 Å². The highest BCUT2D eigenvalue weighted by atomic mass is 16.1. The highest BCUT2D eigenvalue weighted by Crippen LogP contribution is 2.30. The Kier molecular flexibility index (Phi) is 7.76. The molecule has 1 aromatic carbocycles. The normalized spacial score (nSPS) is 22.1. The third-order valence-corrected chi connectivity index (χ3v) is 6.91. The molecule has 6 nitrogen and oxygen atoms in total. The van der Waals surface area contributed by atoms with Gasteiger partial charge < -0.3 is 15.1 Å². The maximum absolute atomic E-state index is 12.8. The first-order valence-electron chi connectivity index (χ1n) is 12.0. The number of likely N-dealkylation sites (tertiary alicyclic amines) is 2. The number of amides is 1. The van der Waals surface area contributed by atoms with Crippen LogP contribution in [0, 0.1) is 5.92 Å². The van der Waals surface area contributed by atoms with E-state index in [0.29, 0.717) is 18.4 Å². The summed E-state index contributed by atoms with van der Waals surface area (Å²) in [4.78, 5) is 24.3. The molecule has 0 unspecified atom stereocenters. The molecule has 1 N–H and O–H groups in total. The Balaban J connectivity index is 1.36. The number of carbonyl (C=O) groups is 1. The molecule has 0 spiro atoms. The minimum absolute atomic E-state index is 0.116. The van der Waals surface area contributed by atoms with Gasteiger partial charge in [-0.1, -0.05) is 12.1 Å². The topological polar surface area (TPSA) is 51.7 Å². The molecule has 0 bridgehead atoms. The van der Waals surface area contributed by atoms with Gasteiger partial charge in [0.05, 0.1) is 0 Å². The van der Waals surface area contributed by atoms with Gasteiger partial charge in [-0.2, -0.15) is 0 Å². The molecule has 0 saturated carbocycles. The van der Waals surface area contributed by atoms with Crippen molar-refractivity contribution in [1.29, 1.82) is 0 Å². The van der Waals surface area contributed by atoms with Gasteiger partial charge in [-0.3, -0.25) is 14.7 Å². The number of nitrogens with zero attached hydrogens (tertiary/aromatic N) is 4. The second-order valence-electron chi connectivity index (χ2n) is 9.49. The Morgan fingerprint density at radius 2 is 2.00 bits per heavy atom. The molecule has 6 heteroatoms. The molecule has 32 heavy (non-hydrogen) atoms. The SMILES string of the molecule is CN(C)c1cccc(NC(=O)CC[C@H]2CN(Cc3cccnc3)CC[C@H]2N2CCCC2)c1. The van der Waals surface area contributed by atoms with Crippen LogP contribution in [0.3, 0.4) is 0 Å². The summed E-state index contributed by atoms with van der Waals surface area (Å²) in [6, 6.07) is 12.8. The lowest BCUT2D eigenvalue weighted by Gasteiger charge is -2.43. The van der Waals surface area contributed by atoms with Crippen molar-refractivity contribution < 1.29 is 4.79 Å². The van der Waals surface area contributed by atoms with Crippen LogP contribution in [0.25, 0.3) is 0 Å². The molecule has 1 amide bonds. The standard InChI is InChI=1S/C26H37N5O/c1-29(2)24-9-5-8-23(17-24)28-26(32)11-10-22-20-30(19-21-7-6-13-27-18-21)16-12-25(22)31-14-3-4-15-31/h5-9,13,17-18,22,25H,3-4,10-12,14-16,19-20H2,1-2H3,(H,28,32)/t22-,25+/m0/s1. The summed E-state index contributed by atoms with van der Waals surface area (Å²) < 4.78 is 0. The predicted octanol–water partition coefficient (Wildman–Crippen LogP) is 3.85. The van der Waals surface area contributed by atoms with Crippen LogP contribution in [-0.2, 0) is 11.3 Å². The summed E-state index contributed by atoms with van der Waals surface area (Å²) in [6.07, 6.45) is 9.12. The van der Waals surface area contributed by atoms with Crippen molar-refractivity contribution in [3.63, 3.8) is 0 Å². The zero-order valence-corrected chi connectivity index (χ0v) is 19.5. The van der Waals surface area contributed by atoms with Gasteiger partial charge in [0, 0.05) is 63.4 Å². The van der Waals surface area contributed by atoms with E-state index in [1.165, 1.54) is 37.9 Å². The molecule has 2 aliphatic heterocycles. The van der Waals surface area contributed by atoms with Crippen molar-refractivity contribution >= 4 is 17.3 Å². The van der Waals surface area contributed by atoms with E-state index in [-0.39, 0.29) is 5.91 Å². The number of nitrogens with one attached hydrogen (secondary N) is 1. The minimum Gasteiger partial charge on any atom is -0.378 e. The van der Waals surface area contributed by atoms with Gasteiger partial charge in [0.1, 0.15) is 0 Å². The van der Waals surface area contributed by atoms with Crippen molar-refractivity contribution in [3.8, 4) is 0 Å². The second-order valence-corrected chi connectivity index (χ2v) is 9.49. The van der Waals surface area contributed by atoms with E-state index in [0.717, 1.165) is 37.4 Å². The number of piperidine rings is 1. The Bertz CT molecular complexity index is 866. The molecule has 2 aliphatic rings. The van der Waals surface area contributed by atoms with Gasteiger partial charge in [0.2, 0.25) is 5.91 Å². The first-order valence-corrected chi connectivity index (χ1v) is 12.0. The highest BCUT2D eigenvalue weighted by molar-refractivity contribution is 5.91. The van der Waals surface area contributed by atoms with E-state index < -0.39 is 0 Å². The largest absolute Gasteiger partial charge is 0.378 e. The molecule has 4 rings (SSSR count). The zero-order chi connectivity index (χ0) is 22.3. The smallest absolute Gasteiger partial charge is 0.224 e. The first-order chi connectivity index (χ1) is 15.6. The molecule has 3 heterocycles. The molecule has 1 aromatic heterocycles. The van der Waals surface area contributed by atoms with Crippen LogP contribution in [0.1, 0.15) is 37.7 Å². The average molecular weight is 436 g/mol. The summed E-state index contributed by atoms with van der Waals surface area (Å²) in [5.41, 5.74) is 3.23. The summed E-state index contributed by atoms with van der Waals surface area (Å²) in [5.74, 6) is 0.642. The van der Waals surface area contributed by atoms with E-state index in [1.807, 2.05) is 50.8 Å². The molecule has 2 fully saturated rings. The Labute approximate surface area is 192 Å². The van der Waals surface area contributed by atoms with Crippen LogP contribution >= 0.6 is 0 Å². The van der Waals surface area contributed by atoms with E-state index in [4.69, 9.17) is 0 Å². The maximum Gasteiger partial charge on any atom is 0.224 e. The van der Waals surface area contributed by atoms with Crippen LogP contribution in [0.15, 0.2) is 48.8 Å². The third-order valence-electron chi connectivity index (χ3n) is 6.91. The second kappa shape index (κ2) is 10.9. The molecule has 2 atom stereocenters. The summed E-state index contributed by atoms with van der Waals surface area (Å²) >= 11 is 0. The predicted molar refractivity (Wildman–Crippen MR) is 131 cm³/mol. The van der Waals surface area contributed by atoms with Crippen LogP contribution < -0.4 is 10.2 Å². The number of anilines is 2. The lowest BCUT2D eigenvalue weighted by Crippen LogP contribution is -2.50. The highest BCUT2D eigenvalue weighted by Gasteiger charge is 2.34. The van der Waals surface area contributed by atoms with Crippen molar-refractivity contribution in [3.05, 3.63) is 54.4 Å². The number of hydrogen-bond acceptors (Lipinski definition) is 5. The van der Waals surface area contributed by atoms with Gasteiger partial charge >= 0.3 is 0 Å². The van der Waals surface area contributed by atoms with Crippen molar-refractivity contribution in [2.75, 3.05) is 50.5 Å². The third kappa shape index (κ3) is 6.08. The van der Waals surface area contributed by atoms with Gasteiger partial charge in [-0.25, -0.2) is 0 Å². The summed E-state index contributed by atoms with van der Waals surface area (Å²) in [5, 5.41) is 3.11. The summed E-state index contributed by atoms with van der Waals surface area (Å²) in [7, 11) is 4.03. The lowest BCUT2D eigenvalue weighted by molar-refractivity contribution is -0.116. The van der Waals surface area contributed by atoms with Crippen molar-refractivity contribution in [2.45, 2.75) is 44.7 Å². The van der Waals surface area contributed by atoms with Crippen molar-refractivity contribution in [1.82, 2.24) is 14.8 Å². The van der Waals surface area contributed by atoms with E-state index >= 15 is 0 Å². The molecule has 2 saturated heterocycles. The fourth-order valence-corrected chi connectivity index (χ4v) is 5.23. The quantitative estimate of drug-likeness (QED) is 0.683. The van der Waals surface area contributed by atoms with Crippen LogP contribution in [0.5, 0.6) is 0 Å². The van der Waals surface area contributed by atoms with E-state index in [1.54, 1.807) is 0 Å². The van der Waals surface area contributed by atoms with Gasteiger partial charge in [-0.05, 0) is 81.1 Å². The fraction of sp³-hybridized carbons (Fsp3) is 0.538. The maximum atomic E-state index is 12.8. The molecule has 0 aliphatic carbocycles. The van der Waals surface area contributed by atoms with Gasteiger partial charge in [-0.15, -0.1) is 0 Å². The molecule has 172 valence electrons. The molecule has 0 radical (unpaired) electrons. The minimum atomic E-state index is 0.116. The number of hydrogen-bond donors (Lipinski definition) is 1. The molecule has 2 aromatic rings. The monoisotopic (exact) mass is 435 g/mol. The van der Waals surface area contributed by atoms with Crippen LogP contribution in [0.4, 0.5) is 11.4 Å². The summed E-state index contributed by atoms with van der Waals surface area (Å²) in [6.45, 7) is 5.55. The number of carbonyl (C=O) groups excluding carboxylic acids is 1. The fourth-order valence-electron chi connectivity index (χ4n) is 5.23. The van der Waals surface area contributed by atoms with E-state index in [9.17, 15) is 4.79 Å². The Hall–Kier alpha value is -2.44. The van der Waals surface area contributed by atoms with Crippen LogP contribution in [0.2, 0.25) is 0 Å². The van der Waals surface area contributed by atoms with Gasteiger partial charge in [0.15, 0.2) is 0 Å². The average Bonchev–Trinajstić information content (AvgIpc) is 3.33. The molecular weight excluding hydrogens is 398 g/mol.